The summed E-state index contributed by atoms with van der Waals surface area (Å²) in [5.41, 5.74) is 0.642. The van der Waals surface area contributed by atoms with Crippen LogP contribution < -0.4 is 15.0 Å². The van der Waals surface area contributed by atoms with Crippen LogP contribution in [0, 0.1) is 5.92 Å². The molecular formula is C20H27N3O5. The molecule has 0 saturated carbocycles. The van der Waals surface area contributed by atoms with Crippen LogP contribution in [0.25, 0.3) is 0 Å². The van der Waals surface area contributed by atoms with E-state index in [2.05, 4.69) is 10.2 Å². The van der Waals surface area contributed by atoms with E-state index in [1.807, 2.05) is 12.1 Å². The van der Waals surface area contributed by atoms with Gasteiger partial charge in [-0.05, 0) is 18.6 Å². The summed E-state index contributed by atoms with van der Waals surface area (Å²) in [7, 11) is 0. The fraction of sp³-hybridized carbons (Fsp3) is 0.600. The molecule has 0 spiro atoms. The molecule has 2 amide bonds. The molecule has 1 N–H and O–H groups in total. The number of morpholine rings is 1. The molecule has 28 heavy (non-hydrogen) atoms. The molecule has 1 aromatic rings. The summed E-state index contributed by atoms with van der Waals surface area (Å²) in [6.07, 6.45) is 1.01. The first-order valence-corrected chi connectivity index (χ1v) is 9.91. The monoisotopic (exact) mass is 389 g/mol. The van der Waals surface area contributed by atoms with Gasteiger partial charge in [-0.2, -0.15) is 0 Å². The van der Waals surface area contributed by atoms with E-state index in [0.717, 1.165) is 45.9 Å². The van der Waals surface area contributed by atoms with Crippen LogP contribution in [0.4, 0.5) is 5.69 Å². The molecule has 3 heterocycles. The Hall–Kier alpha value is -2.16. The Bertz CT molecular complexity index is 701. The first-order chi connectivity index (χ1) is 13.7. The quantitative estimate of drug-likeness (QED) is 0.752. The van der Waals surface area contributed by atoms with Crippen molar-refractivity contribution in [1.82, 2.24) is 10.2 Å². The van der Waals surface area contributed by atoms with Crippen molar-refractivity contribution in [3.8, 4) is 5.75 Å². The highest BCUT2D eigenvalue weighted by Gasteiger charge is 2.32. The van der Waals surface area contributed by atoms with Crippen LogP contribution in [0.5, 0.6) is 5.75 Å². The van der Waals surface area contributed by atoms with Gasteiger partial charge in [-0.15, -0.1) is 0 Å². The zero-order valence-electron chi connectivity index (χ0n) is 16.0. The maximum absolute atomic E-state index is 12.6. The zero-order chi connectivity index (χ0) is 19.3. The number of benzene rings is 1. The van der Waals surface area contributed by atoms with Crippen molar-refractivity contribution in [1.29, 1.82) is 0 Å². The SMILES string of the molecule is O=C(CN1C(=O)COc2ccccc21)NCC(C1CCOC1)N1CCOCC1. The molecule has 3 aliphatic rings. The summed E-state index contributed by atoms with van der Waals surface area (Å²) >= 11 is 0. The lowest BCUT2D eigenvalue weighted by Gasteiger charge is -2.37. The van der Waals surface area contributed by atoms with Crippen molar-refractivity contribution < 1.29 is 23.8 Å². The van der Waals surface area contributed by atoms with E-state index in [1.165, 1.54) is 4.90 Å². The van der Waals surface area contributed by atoms with E-state index in [4.69, 9.17) is 14.2 Å². The lowest BCUT2D eigenvalue weighted by Crippen LogP contribution is -2.53. The molecule has 8 heteroatoms. The number of carbonyl (C=O) groups excluding carboxylic acids is 2. The minimum atomic E-state index is -0.206. The number of para-hydroxylation sites is 2. The van der Waals surface area contributed by atoms with Gasteiger partial charge in [0.2, 0.25) is 5.91 Å². The number of hydrogen-bond acceptors (Lipinski definition) is 6. The summed E-state index contributed by atoms with van der Waals surface area (Å²) in [4.78, 5) is 28.8. The molecule has 2 unspecified atom stereocenters. The van der Waals surface area contributed by atoms with Gasteiger partial charge in [0.25, 0.3) is 5.91 Å². The van der Waals surface area contributed by atoms with Gasteiger partial charge >= 0.3 is 0 Å². The van der Waals surface area contributed by atoms with Crippen LogP contribution in [0.3, 0.4) is 0 Å². The van der Waals surface area contributed by atoms with E-state index in [1.54, 1.807) is 12.1 Å². The topological polar surface area (TPSA) is 80.3 Å². The van der Waals surface area contributed by atoms with E-state index >= 15 is 0 Å². The predicted octanol–water partition coefficient (Wildman–Crippen LogP) is 0.266. The minimum absolute atomic E-state index is 0.00377. The largest absolute Gasteiger partial charge is 0.482 e. The third-order valence-electron chi connectivity index (χ3n) is 5.64. The number of carbonyl (C=O) groups is 2. The lowest BCUT2D eigenvalue weighted by molar-refractivity contribution is -0.125. The van der Waals surface area contributed by atoms with E-state index in [-0.39, 0.29) is 31.0 Å². The number of fused-ring (bicyclic) bond motifs is 1. The summed E-state index contributed by atoms with van der Waals surface area (Å²) in [5.74, 6) is 0.665. The standard InChI is InChI=1S/C20H27N3O5/c24-19(12-23-16-3-1-2-4-18(16)28-14-20(23)25)21-11-17(15-5-8-27-13-15)22-6-9-26-10-7-22/h1-4,15,17H,5-14H2,(H,21,24). The molecular weight excluding hydrogens is 362 g/mol. The fourth-order valence-corrected chi connectivity index (χ4v) is 4.10. The third kappa shape index (κ3) is 4.29. The van der Waals surface area contributed by atoms with Crippen LogP contribution >= 0.6 is 0 Å². The first-order valence-electron chi connectivity index (χ1n) is 9.91. The summed E-state index contributed by atoms with van der Waals surface area (Å²) < 4.78 is 16.5. The Kier molecular flexibility index (Phi) is 6.09. The third-order valence-corrected chi connectivity index (χ3v) is 5.64. The Morgan fingerprint density at radius 3 is 2.79 bits per heavy atom. The van der Waals surface area contributed by atoms with Gasteiger partial charge in [0, 0.05) is 38.2 Å². The molecule has 2 saturated heterocycles. The van der Waals surface area contributed by atoms with Crippen molar-refractivity contribution in [2.75, 3.05) is 64.1 Å². The number of ether oxygens (including phenoxy) is 3. The van der Waals surface area contributed by atoms with E-state index < -0.39 is 0 Å². The average Bonchev–Trinajstić information content (AvgIpc) is 3.26. The molecule has 3 aliphatic heterocycles. The molecule has 2 atom stereocenters. The maximum atomic E-state index is 12.6. The zero-order valence-corrected chi connectivity index (χ0v) is 16.0. The van der Waals surface area contributed by atoms with Crippen molar-refractivity contribution in [3.05, 3.63) is 24.3 Å². The number of anilines is 1. The Morgan fingerprint density at radius 1 is 1.18 bits per heavy atom. The predicted molar refractivity (Wildman–Crippen MR) is 102 cm³/mol. The molecule has 152 valence electrons. The highest BCUT2D eigenvalue weighted by molar-refractivity contribution is 6.02. The second-order valence-electron chi connectivity index (χ2n) is 7.38. The van der Waals surface area contributed by atoms with Gasteiger partial charge in [0.1, 0.15) is 12.3 Å². The second-order valence-corrected chi connectivity index (χ2v) is 7.38. The first kappa shape index (κ1) is 19.2. The molecule has 4 rings (SSSR count). The van der Waals surface area contributed by atoms with Crippen LogP contribution in [0.2, 0.25) is 0 Å². The van der Waals surface area contributed by atoms with Gasteiger partial charge < -0.3 is 19.5 Å². The van der Waals surface area contributed by atoms with Gasteiger partial charge in [-0.1, -0.05) is 12.1 Å². The van der Waals surface area contributed by atoms with Gasteiger partial charge in [-0.3, -0.25) is 19.4 Å². The molecule has 8 nitrogen and oxygen atoms in total. The van der Waals surface area contributed by atoms with Crippen LogP contribution in [0.15, 0.2) is 24.3 Å². The highest BCUT2D eigenvalue weighted by atomic mass is 16.5. The smallest absolute Gasteiger partial charge is 0.265 e. The van der Waals surface area contributed by atoms with Crippen molar-refractivity contribution in [2.24, 2.45) is 5.92 Å². The summed E-state index contributed by atoms with van der Waals surface area (Å²) in [5, 5.41) is 3.04. The summed E-state index contributed by atoms with van der Waals surface area (Å²) in [6.45, 7) is 5.18. The molecule has 2 fully saturated rings. The number of nitrogens with one attached hydrogen (secondary N) is 1. The van der Waals surface area contributed by atoms with E-state index in [9.17, 15) is 9.59 Å². The number of hydrogen-bond donors (Lipinski definition) is 1. The maximum Gasteiger partial charge on any atom is 0.265 e. The number of nitrogens with zero attached hydrogens (tertiary/aromatic N) is 2. The van der Waals surface area contributed by atoms with Crippen molar-refractivity contribution >= 4 is 17.5 Å². The fourth-order valence-electron chi connectivity index (χ4n) is 4.10. The Balaban J connectivity index is 1.37. The lowest BCUT2D eigenvalue weighted by atomic mass is 9.97. The molecule has 0 aliphatic carbocycles. The Labute approximate surface area is 164 Å². The van der Waals surface area contributed by atoms with Gasteiger partial charge in [0.15, 0.2) is 6.61 Å². The van der Waals surface area contributed by atoms with E-state index in [0.29, 0.717) is 23.9 Å². The van der Waals surface area contributed by atoms with Crippen LogP contribution in [0.1, 0.15) is 6.42 Å². The van der Waals surface area contributed by atoms with Gasteiger partial charge in [-0.25, -0.2) is 0 Å². The molecule has 0 aromatic heterocycles. The normalized spacial score (nSPS) is 23.8. The molecule has 1 aromatic carbocycles. The molecule has 0 bridgehead atoms. The molecule has 0 radical (unpaired) electrons. The Morgan fingerprint density at radius 2 is 2.00 bits per heavy atom. The van der Waals surface area contributed by atoms with Crippen molar-refractivity contribution in [3.63, 3.8) is 0 Å². The number of rotatable bonds is 6. The minimum Gasteiger partial charge on any atom is -0.482 e. The number of amides is 2. The van der Waals surface area contributed by atoms with Crippen LogP contribution in [-0.2, 0) is 19.1 Å². The van der Waals surface area contributed by atoms with Crippen LogP contribution in [-0.4, -0.2) is 82.0 Å². The van der Waals surface area contributed by atoms with Crippen molar-refractivity contribution in [2.45, 2.75) is 12.5 Å². The van der Waals surface area contributed by atoms with Gasteiger partial charge in [0.05, 0.1) is 25.5 Å². The highest BCUT2D eigenvalue weighted by Crippen LogP contribution is 2.31. The average molecular weight is 389 g/mol. The second kappa shape index (κ2) is 8.89. The summed E-state index contributed by atoms with van der Waals surface area (Å²) in [6, 6.07) is 7.51.